The van der Waals surface area contributed by atoms with Gasteiger partial charge in [-0.1, -0.05) is 23.2 Å². The van der Waals surface area contributed by atoms with Crippen molar-refractivity contribution in [2.45, 2.75) is 0 Å². The molecule has 3 N–H and O–H groups in total. The predicted octanol–water partition coefficient (Wildman–Crippen LogP) is 5.41. The van der Waals surface area contributed by atoms with E-state index >= 15 is 0 Å². The molecule has 0 fully saturated rings. The van der Waals surface area contributed by atoms with E-state index in [2.05, 4.69) is 0 Å². The molecular formula is C18H13Cl2NO6S2. The Hall–Kier alpha value is -2.30. The van der Waals surface area contributed by atoms with E-state index in [4.69, 9.17) is 33.0 Å². The summed E-state index contributed by atoms with van der Waals surface area (Å²) in [5.74, 6) is -1.34. The maximum atomic E-state index is 12.0. The minimum absolute atomic E-state index is 0.107. The van der Waals surface area contributed by atoms with E-state index in [1.165, 1.54) is 13.2 Å². The third-order valence-electron chi connectivity index (χ3n) is 3.93. The van der Waals surface area contributed by atoms with Gasteiger partial charge >= 0.3 is 5.97 Å². The average molecular weight is 474 g/mol. The van der Waals surface area contributed by atoms with Crippen molar-refractivity contribution in [3.8, 4) is 22.6 Å². The maximum Gasteiger partial charge on any atom is 0.339 e. The number of benzene rings is 2. The van der Waals surface area contributed by atoms with E-state index in [1.54, 1.807) is 24.3 Å². The largest absolute Gasteiger partial charge is 0.507 e. The van der Waals surface area contributed by atoms with Crippen molar-refractivity contribution in [3.05, 3.63) is 57.4 Å². The van der Waals surface area contributed by atoms with Gasteiger partial charge in [0.15, 0.2) is 0 Å². The van der Waals surface area contributed by atoms with E-state index in [-0.39, 0.29) is 16.3 Å². The Balaban J connectivity index is 2.11. The number of nitrogens with zero attached hydrogens (tertiary/aromatic N) is 1. The van der Waals surface area contributed by atoms with Gasteiger partial charge in [0.05, 0.1) is 12.8 Å². The normalized spacial score (nSPS) is 11.9. The number of carboxylic acids is 1. The smallest absolute Gasteiger partial charge is 0.339 e. The number of halogens is 2. The highest BCUT2D eigenvalue weighted by Gasteiger charge is 2.23. The first-order valence-electron chi connectivity index (χ1n) is 7.83. The van der Waals surface area contributed by atoms with Gasteiger partial charge in [0.25, 0.3) is 11.3 Å². The van der Waals surface area contributed by atoms with Crippen LogP contribution in [-0.4, -0.2) is 32.1 Å². The molecule has 0 bridgehead atoms. The van der Waals surface area contributed by atoms with Crippen LogP contribution in [-0.2, 0) is 11.3 Å². The van der Waals surface area contributed by atoms with Crippen molar-refractivity contribution >= 4 is 62.5 Å². The van der Waals surface area contributed by atoms with Gasteiger partial charge in [-0.3, -0.25) is 4.55 Å². The standard InChI is InChI=1S/C18H13Cl2NO6S2/c1-27-15-5-2-9(19)6-12(15)13-8-16(28-17(13)20)21(29(25)26)10-3-4-11(18(23)24)14(22)7-10/h2-8,22H,1H3,(H,23,24)(H,25,26). The lowest BCUT2D eigenvalue weighted by Crippen LogP contribution is -2.18. The second kappa shape index (κ2) is 8.60. The minimum atomic E-state index is -2.52. The molecule has 0 amide bonds. The zero-order valence-corrected chi connectivity index (χ0v) is 17.8. The molecule has 3 rings (SSSR count). The summed E-state index contributed by atoms with van der Waals surface area (Å²) >= 11 is 11.0. The number of aromatic hydroxyl groups is 1. The lowest BCUT2D eigenvalue weighted by molar-refractivity contribution is 0.0694. The molecule has 1 unspecified atom stereocenters. The van der Waals surface area contributed by atoms with Crippen LogP contribution in [0.25, 0.3) is 11.1 Å². The number of phenols is 1. The quantitative estimate of drug-likeness (QED) is 0.413. The number of rotatable bonds is 6. The van der Waals surface area contributed by atoms with Gasteiger partial charge in [0, 0.05) is 22.2 Å². The molecule has 152 valence electrons. The lowest BCUT2D eigenvalue weighted by Gasteiger charge is -2.18. The molecule has 0 spiro atoms. The van der Waals surface area contributed by atoms with E-state index in [1.807, 2.05) is 0 Å². The van der Waals surface area contributed by atoms with Gasteiger partial charge in [0.2, 0.25) is 0 Å². The van der Waals surface area contributed by atoms with Gasteiger partial charge in [-0.05, 0) is 36.4 Å². The highest BCUT2D eigenvalue weighted by atomic mass is 35.5. The second-order valence-corrected chi connectivity index (χ2v) is 8.54. The van der Waals surface area contributed by atoms with Crippen molar-refractivity contribution in [1.82, 2.24) is 0 Å². The highest BCUT2D eigenvalue weighted by Crippen LogP contribution is 2.46. The van der Waals surface area contributed by atoms with Crippen molar-refractivity contribution < 1.29 is 28.5 Å². The summed E-state index contributed by atoms with van der Waals surface area (Å²) in [5.41, 5.74) is 0.912. The Morgan fingerprint density at radius 3 is 2.45 bits per heavy atom. The summed E-state index contributed by atoms with van der Waals surface area (Å²) in [6.45, 7) is 0. The van der Waals surface area contributed by atoms with E-state index in [0.29, 0.717) is 26.2 Å². The molecule has 3 aromatic rings. The Bertz CT molecular complexity index is 1120. The van der Waals surface area contributed by atoms with Gasteiger partial charge in [-0.25, -0.2) is 13.3 Å². The summed E-state index contributed by atoms with van der Waals surface area (Å²) in [4.78, 5) is 11.1. The van der Waals surface area contributed by atoms with Crippen LogP contribution < -0.4 is 9.04 Å². The zero-order valence-electron chi connectivity index (χ0n) is 14.6. The number of carboxylic acid groups (broad SMARTS) is 1. The first kappa shape index (κ1) is 21.4. The van der Waals surface area contributed by atoms with Crippen molar-refractivity contribution in [3.63, 3.8) is 0 Å². The molecule has 0 radical (unpaired) electrons. The van der Waals surface area contributed by atoms with E-state index < -0.39 is 23.0 Å². The van der Waals surface area contributed by atoms with Crippen molar-refractivity contribution in [2.75, 3.05) is 11.4 Å². The fraction of sp³-hybridized carbons (Fsp3) is 0.0556. The molecule has 0 saturated carbocycles. The molecule has 1 heterocycles. The summed E-state index contributed by atoms with van der Waals surface area (Å²) in [6, 6.07) is 10.1. The fourth-order valence-electron chi connectivity index (χ4n) is 2.65. The Kier molecular flexibility index (Phi) is 6.35. The lowest BCUT2D eigenvalue weighted by atomic mass is 10.1. The molecule has 29 heavy (non-hydrogen) atoms. The summed E-state index contributed by atoms with van der Waals surface area (Å²) in [6.07, 6.45) is 0. The van der Waals surface area contributed by atoms with Crippen LogP contribution in [0.1, 0.15) is 10.4 Å². The molecule has 1 atom stereocenters. The Morgan fingerprint density at radius 2 is 1.86 bits per heavy atom. The summed E-state index contributed by atoms with van der Waals surface area (Å²) in [5, 5.41) is 19.7. The number of hydrogen-bond acceptors (Lipinski definition) is 5. The number of carbonyl (C=O) groups is 1. The minimum Gasteiger partial charge on any atom is -0.507 e. The van der Waals surface area contributed by atoms with Crippen LogP contribution in [0.3, 0.4) is 0 Å². The number of thiophene rings is 1. The summed E-state index contributed by atoms with van der Waals surface area (Å²) in [7, 11) is 1.50. The molecule has 1 aromatic heterocycles. The van der Waals surface area contributed by atoms with Crippen LogP contribution in [0.5, 0.6) is 11.5 Å². The third kappa shape index (κ3) is 4.34. The number of hydrogen-bond donors (Lipinski definition) is 3. The predicted molar refractivity (Wildman–Crippen MR) is 114 cm³/mol. The van der Waals surface area contributed by atoms with Gasteiger partial charge < -0.3 is 14.9 Å². The fourth-order valence-corrected chi connectivity index (χ4v) is 4.85. The molecule has 0 saturated heterocycles. The number of anilines is 2. The van der Waals surface area contributed by atoms with E-state index in [0.717, 1.165) is 27.8 Å². The first-order valence-corrected chi connectivity index (χ1v) is 10.5. The van der Waals surface area contributed by atoms with Crippen LogP contribution in [0, 0.1) is 0 Å². The monoisotopic (exact) mass is 473 g/mol. The first-order chi connectivity index (χ1) is 13.7. The molecule has 0 aliphatic heterocycles. The molecule has 7 nitrogen and oxygen atoms in total. The SMILES string of the molecule is COc1ccc(Cl)cc1-c1cc(N(c2ccc(C(=O)O)c(O)c2)S(=O)O)sc1Cl. The average Bonchev–Trinajstić information content (AvgIpc) is 3.02. The molecule has 11 heteroatoms. The van der Waals surface area contributed by atoms with Crippen LogP contribution in [0.4, 0.5) is 10.7 Å². The number of aromatic carboxylic acids is 1. The van der Waals surface area contributed by atoms with Crippen molar-refractivity contribution in [1.29, 1.82) is 0 Å². The third-order valence-corrected chi connectivity index (χ3v) is 6.34. The molecule has 2 aromatic carbocycles. The Labute approximate surface area is 182 Å². The summed E-state index contributed by atoms with van der Waals surface area (Å²) < 4.78 is 28.5. The highest BCUT2D eigenvalue weighted by molar-refractivity contribution is 7.81. The number of methoxy groups -OCH3 is 1. The van der Waals surface area contributed by atoms with Crippen LogP contribution in [0.2, 0.25) is 9.36 Å². The van der Waals surface area contributed by atoms with E-state index in [9.17, 15) is 18.7 Å². The van der Waals surface area contributed by atoms with Crippen LogP contribution in [0.15, 0.2) is 42.5 Å². The zero-order chi connectivity index (χ0) is 21.3. The second-order valence-electron chi connectivity index (χ2n) is 5.65. The Morgan fingerprint density at radius 1 is 1.14 bits per heavy atom. The molecule has 0 aliphatic rings. The maximum absolute atomic E-state index is 12.0. The van der Waals surface area contributed by atoms with Crippen molar-refractivity contribution in [2.24, 2.45) is 0 Å². The van der Waals surface area contributed by atoms with Gasteiger partial charge in [-0.2, -0.15) is 0 Å². The molecular weight excluding hydrogens is 461 g/mol. The van der Waals surface area contributed by atoms with Gasteiger partial charge in [-0.15, -0.1) is 11.3 Å². The molecule has 0 aliphatic carbocycles. The van der Waals surface area contributed by atoms with Crippen LogP contribution >= 0.6 is 34.5 Å². The van der Waals surface area contributed by atoms with Gasteiger partial charge in [0.1, 0.15) is 26.4 Å². The topological polar surface area (TPSA) is 107 Å². The number of ether oxygens (including phenoxy) is 1.